The minimum Gasteiger partial charge on any atom is -0.385 e. The lowest BCUT2D eigenvalue weighted by molar-refractivity contribution is 0.0905. The Bertz CT molecular complexity index is 487. The van der Waals surface area contributed by atoms with Crippen molar-refractivity contribution >= 4 is 11.6 Å². The zero-order valence-corrected chi connectivity index (χ0v) is 13.4. The van der Waals surface area contributed by atoms with Gasteiger partial charge < -0.3 is 15.5 Å². The number of aryl methyl sites for hydroxylation is 1. The topological polar surface area (TPSA) is 44.4 Å². The Morgan fingerprint density at radius 3 is 2.86 bits per heavy atom. The fourth-order valence-corrected chi connectivity index (χ4v) is 2.96. The average molecular weight is 289 g/mol. The Morgan fingerprint density at radius 2 is 2.19 bits per heavy atom. The van der Waals surface area contributed by atoms with Crippen molar-refractivity contribution in [1.82, 2.24) is 10.2 Å². The van der Waals surface area contributed by atoms with Crippen LogP contribution in [0.25, 0.3) is 0 Å². The summed E-state index contributed by atoms with van der Waals surface area (Å²) in [5, 5.41) is 6.46. The van der Waals surface area contributed by atoms with E-state index in [1.165, 1.54) is 0 Å². The van der Waals surface area contributed by atoms with Gasteiger partial charge in [0.05, 0.1) is 0 Å². The first-order valence-corrected chi connectivity index (χ1v) is 8.01. The molecule has 1 unspecified atom stereocenters. The van der Waals surface area contributed by atoms with Crippen LogP contribution in [0.3, 0.4) is 0 Å². The Kier molecular flexibility index (Phi) is 5.62. The molecular formula is C17H27N3O. The normalized spacial score (nSPS) is 19.3. The number of nitrogens with zero attached hydrogens (tertiary/aromatic N) is 1. The summed E-state index contributed by atoms with van der Waals surface area (Å²) in [7, 11) is 0. The summed E-state index contributed by atoms with van der Waals surface area (Å²) in [5.74, 6) is 0.0542. The predicted octanol–water partition coefficient (Wildman–Crippen LogP) is 2.64. The molecule has 0 aromatic heterocycles. The van der Waals surface area contributed by atoms with Gasteiger partial charge in [0.15, 0.2) is 0 Å². The second kappa shape index (κ2) is 7.46. The van der Waals surface area contributed by atoms with Crippen molar-refractivity contribution in [3.8, 4) is 0 Å². The summed E-state index contributed by atoms with van der Waals surface area (Å²) < 4.78 is 0. The monoisotopic (exact) mass is 289 g/mol. The molecule has 0 radical (unpaired) electrons. The molecule has 4 nitrogen and oxygen atoms in total. The van der Waals surface area contributed by atoms with Crippen molar-refractivity contribution < 1.29 is 4.79 Å². The van der Waals surface area contributed by atoms with Gasteiger partial charge in [0, 0.05) is 30.4 Å². The Balaban J connectivity index is 1.99. The second-order valence-corrected chi connectivity index (χ2v) is 5.77. The van der Waals surface area contributed by atoms with Gasteiger partial charge in [0.2, 0.25) is 0 Å². The average Bonchev–Trinajstić information content (AvgIpc) is 2.47. The number of rotatable bonds is 5. The number of piperidine rings is 1. The lowest BCUT2D eigenvalue weighted by Crippen LogP contribution is -2.47. The zero-order valence-electron chi connectivity index (χ0n) is 13.4. The molecule has 0 saturated carbocycles. The quantitative estimate of drug-likeness (QED) is 0.876. The molecule has 2 N–H and O–H groups in total. The molecule has 1 fully saturated rings. The van der Waals surface area contributed by atoms with Crippen LogP contribution in [0.1, 0.15) is 42.6 Å². The number of likely N-dealkylation sites (N-methyl/N-ethyl adjacent to an activating group) is 1. The predicted molar refractivity (Wildman–Crippen MR) is 87.9 cm³/mol. The van der Waals surface area contributed by atoms with E-state index in [1.807, 2.05) is 25.1 Å². The highest BCUT2D eigenvalue weighted by Gasteiger charge is 2.21. The van der Waals surface area contributed by atoms with Crippen molar-refractivity contribution in [2.45, 2.75) is 39.7 Å². The minimum atomic E-state index is 0.0542. The molecule has 1 aliphatic heterocycles. The largest absolute Gasteiger partial charge is 0.385 e. The maximum Gasteiger partial charge on any atom is 0.251 e. The molecule has 0 bridgehead atoms. The first kappa shape index (κ1) is 15.8. The highest BCUT2D eigenvalue weighted by molar-refractivity contribution is 5.96. The molecule has 0 spiro atoms. The van der Waals surface area contributed by atoms with E-state index >= 15 is 0 Å². The Morgan fingerprint density at radius 1 is 1.38 bits per heavy atom. The van der Waals surface area contributed by atoms with Crippen LogP contribution in [0.4, 0.5) is 5.69 Å². The first-order valence-electron chi connectivity index (χ1n) is 8.01. The van der Waals surface area contributed by atoms with Gasteiger partial charge in [-0.3, -0.25) is 4.79 Å². The molecule has 21 heavy (non-hydrogen) atoms. The number of likely N-dealkylation sites (tertiary alicyclic amines) is 1. The van der Waals surface area contributed by atoms with E-state index in [-0.39, 0.29) is 11.9 Å². The number of amides is 1. The number of nitrogens with one attached hydrogen (secondary N) is 2. The Hall–Kier alpha value is -1.55. The van der Waals surface area contributed by atoms with Crippen molar-refractivity contribution in [1.29, 1.82) is 0 Å². The first-order chi connectivity index (χ1) is 10.1. The fraction of sp³-hybridized carbons (Fsp3) is 0.588. The molecule has 1 aromatic carbocycles. The molecule has 1 aliphatic rings. The maximum absolute atomic E-state index is 12.4. The van der Waals surface area contributed by atoms with Crippen LogP contribution in [-0.2, 0) is 0 Å². The van der Waals surface area contributed by atoms with Crippen LogP contribution in [0, 0.1) is 6.92 Å². The summed E-state index contributed by atoms with van der Waals surface area (Å²) in [5.41, 5.74) is 2.88. The molecular weight excluding hydrogens is 262 g/mol. The van der Waals surface area contributed by atoms with Crippen molar-refractivity contribution in [3.63, 3.8) is 0 Å². The van der Waals surface area contributed by atoms with E-state index in [0.29, 0.717) is 0 Å². The molecule has 2 rings (SSSR count). The van der Waals surface area contributed by atoms with Crippen LogP contribution in [0.2, 0.25) is 0 Å². The van der Waals surface area contributed by atoms with Gasteiger partial charge in [-0.2, -0.15) is 0 Å². The third-order valence-electron chi connectivity index (χ3n) is 4.14. The summed E-state index contributed by atoms with van der Waals surface area (Å²) in [6.45, 7) is 10.3. The van der Waals surface area contributed by atoms with Gasteiger partial charge in [-0.05, 0) is 63.5 Å². The number of carbonyl (C=O) groups excluding carboxylic acids is 1. The van der Waals surface area contributed by atoms with Gasteiger partial charge in [0.25, 0.3) is 5.91 Å². The molecule has 1 saturated heterocycles. The van der Waals surface area contributed by atoms with E-state index in [4.69, 9.17) is 0 Å². The summed E-state index contributed by atoms with van der Waals surface area (Å²) >= 11 is 0. The third-order valence-corrected chi connectivity index (χ3v) is 4.14. The highest BCUT2D eigenvalue weighted by atomic mass is 16.1. The smallest absolute Gasteiger partial charge is 0.251 e. The number of benzene rings is 1. The maximum atomic E-state index is 12.4. The zero-order chi connectivity index (χ0) is 15.2. The molecule has 1 heterocycles. The van der Waals surface area contributed by atoms with Crippen LogP contribution in [-0.4, -0.2) is 43.0 Å². The van der Waals surface area contributed by atoms with Crippen LogP contribution < -0.4 is 10.6 Å². The van der Waals surface area contributed by atoms with Crippen LogP contribution >= 0.6 is 0 Å². The van der Waals surface area contributed by atoms with Gasteiger partial charge in [-0.25, -0.2) is 0 Å². The number of carbonyl (C=O) groups is 1. The van der Waals surface area contributed by atoms with Crippen molar-refractivity contribution in [2.75, 3.05) is 31.5 Å². The fourth-order valence-electron chi connectivity index (χ4n) is 2.96. The van der Waals surface area contributed by atoms with Crippen LogP contribution in [0.5, 0.6) is 0 Å². The summed E-state index contributed by atoms with van der Waals surface area (Å²) in [6, 6.07) is 6.21. The van der Waals surface area contributed by atoms with E-state index in [9.17, 15) is 4.79 Å². The standard InChI is InChI=1S/C17H27N3O/c1-4-18-14-8-9-16(13(3)11-14)17(21)19-15-7-6-10-20(5-2)12-15/h8-9,11,15,18H,4-7,10,12H2,1-3H3,(H,19,21). The second-order valence-electron chi connectivity index (χ2n) is 5.77. The molecule has 1 atom stereocenters. The van der Waals surface area contributed by atoms with Gasteiger partial charge >= 0.3 is 0 Å². The Labute approximate surface area is 127 Å². The minimum absolute atomic E-state index is 0.0542. The number of anilines is 1. The van der Waals surface area contributed by atoms with Crippen molar-refractivity contribution in [3.05, 3.63) is 29.3 Å². The summed E-state index contributed by atoms with van der Waals surface area (Å²) in [4.78, 5) is 14.8. The lowest BCUT2D eigenvalue weighted by atomic mass is 10.0. The highest BCUT2D eigenvalue weighted by Crippen LogP contribution is 2.16. The van der Waals surface area contributed by atoms with Crippen molar-refractivity contribution in [2.24, 2.45) is 0 Å². The number of hydrogen-bond donors (Lipinski definition) is 2. The summed E-state index contributed by atoms with van der Waals surface area (Å²) in [6.07, 6.45) is 2.24. The molecule has 1 aromatic rings. The van der Waals surface area contributed by atoms with Gasteiger partial charge in [-0.1, -0.05) is 6.92 Å². The van der Waals surface area contributed by atoms with E-state index in [1.54, 1.807) is 0 Å². The van der Waals surface area contributed by atoms with Gasteiger partial charge in [-0.15, -0.1) is 0 Å². The van der Waals surface area contributed by atoms with Crippen LogP contribution in [0.15, 0.2) is 18.2 Å². The van der Waals surface area contributed by atoms with Gasteiger partial charge in [0.1, 0.15) is 0 Å². The third kappa shape index (κ3) is 4.21. The lowest BCUT2D eigenvalue weighted by Gasteiger charge is -2.32. The molecule has 116 valence electrons. The molecule has 0 aliphatic carbocycles. The SMILES string of the molecule is CCNc1ccc(C(=O)NC2CCCN(CC)C2)c(C)c1. The van der Waals surface area contributed by atoms with E-state index in [2.05, 4.69) is 29.4 Å². The number of hydrogen-bond acceptors (Lipinski definition) is 3. The molecule has 1 amide bonds. The molecule has 4 heteroatoms. The van der Waals surface area contributed by atoms with E-state index in [0.717, 1.165) is 55.8 Å². The van der Waals surface area contributed by atoms with E-state index < -0.39 is 0 Å².